The standard InChI is InChI=1S/C24H24N2O4/c1-15-11-16(13-17-7-6-10-29-17)23-19(12-15)22(18-8-4-5-9-20(18)25-23)24(28)30-14-21(27)26(2)3/h4-10,13,15H,11-12,14H2,1-3H3/b16-13-/t15-/m0/s1. The number of nitrogens with zero attached hydrogens (tertiary/aromatic N) is 2. The summed E-state index contributed by atoms with van der Waals surface area (Å²) in [6.45, 7) is 1.86. The minimum atomic E-state index is -0.494. The van der Waals surface area contributed by atoms with Crippen LogP contribution in [-0.4, -0.2) is 42.5 Å². The van der Waals surface area contributed by atoms with Crippen molar-refractivity contribution >= 4 is 34.4 Å². The van der Waals surface area contributed by atoms with Crippen LogP contribution >= 0.6 is 0 Å². The molecule has 1 aliphatic rings. The smallest absolute Gasteiger partial charge is 0.339 e. The predicted octanol–water partition coefficient (Wildman–Crippen LogP) is 4.20. The van der Waals surface area contributed by atoms with Crippen molar-refractivity contribution < 1.29 is 18.7 Å². The molecule has 0 aliphatic heterocycles. The lowest BCUT2D eigenvalue weighted by Gasteiger charge is -2.26. The predicted molar refractivity (Wildman–Crippen MR) is 115 cm³/mol. The van der Waals surface area contributed by atoms with Gasteiger partial charge in [0.25, 0.3) is 5.91 Å². The van der Waals surface area contributed by atoms with Crippen LogP contribution in [0.15, 0.2) is 47.1 Å². The van der Waals surface area contributed by atoms with E-state index >= 15 is 0 Å². The topological polar surface area (TPSA) is 72.6 Å². The highest BCUT2D eigenvalue weighted by molar-refractivity contribution is 6.07. The molecule has 2 aromatic heterocycles. The molecule has 30 heavy (non-hydrogen) atoms. The maximum absolute atomic E-state index is 13.1. The Morgan fingerprint density at radius 2 is 2.00 bits per heavy atom. The van der Waals surface area contributed by atoms with Crippen LogP contribution in [0.5, 0.6) is 0 Å². The van der Waals surface area contributed by atoms with E-state index in [1.807, 2.05) is 42.5 Å². The quantitative estimate of drug-likeness (QED) is 0.610. The summed E-state index contributed by atoms with van der Waals surface area (Å²) < 4.78 is 10.9. The van der Waals surface area contributed by atoms with E-state index in [4.69, 9.17) is 14.1 Å². The van der Waals surface area contributed by atoms with E-state index in [1.54, 1.807) is 20.4 Å². The van der Waals surface area contributed by atoms with Gasteiger partial charge in [-0.2, -0.15) is 0 Å². The van der Waals surface area contributed by atoms with Crippen molar-refractivity contribution in [3.63, 3.8) is 0 Å². The maximum Gasteiger partial charge on any atom is 0.339 e. The van der Waals surface area contributed by atoms with E-state index in [9.17, 15) is 9.59 Å². The average molecular weight is 404 g/mol. The Bertz CT molecular complexity index is 1130. The fourth-order valence-electron chi connectivity index (χ4n) is 3.84. The number of fused-ring (bicyclic) bond motifs is 2. The summed E-state index contributed by atoms with van der Waals surface area (Å²) in [5, 5.41) is 0.741. The molecule has 0 fully saturated rings. The van der Waals surface area contributed by atoms with Gasteiger partial charge in [-0.25, -0.2) is 9.78 Å². The zero-order chi connectivity index (χ0) is 21.3. The molecule has 1 amide bonds. The number of para-hydroxylation sites is 1. The van der Waals surface area contributed by atoms with Crippen molar-refractivity contribution in [3.8, 4) is 0 Å². The van der Waals surface area contributed by atoms with Gasteiger partial charge in [-0.1, -0.05) is 25.1 Å². The van der Waals surface area contributed by atoms with Gasteiger partial charge in [-0.3, -0.25) is 4.79 Å². The van der Waals surface area contributed by atoms with Gasteiger partial charge in [0.15, 0.2) is 6.61 Å². The second-order valence-corrected chi connectivity index (χ2v) is 7.89. The zero-order valence-electron chi connectivity index (χ0n) is 17.3. The number of amides is 1. The number of benzene rings is 1. The van der Waals surface area contributed by atoms with Gasteiger partial charge in [-0.05, 0) is 54.2 Å². The molecule has 0 bridgehead atoms. The number of carbonyl (C=O) groups excluding carboxylic acids is 2. The number of hydrogen-bond acceptors (Lipinski definition) is 5. The van der Waals surface area contributed by atoms with Crippen LogP contribution in [0, 0.1) is 5.92 Å². The third-order valence-corrected chi connectivity index (χ3v) is 5.31. The highest BCUT2D eigenvalue weighted by atomic mass is 16.5. The van der Waals surface area contributed by atoms with Gasteiger partial charge in [0.05, 0.1) is 23.0 Å². The SMILES string of the molecule is C[C@H]1C/C(=C/c2ccco2)c2nc3ccccc3c(C(=O)OCC(=O)N(C)C)c2C1. The molecule has 6 heteroatoms. The Morgan fingerprint density at radius 3 is 2.73 bits per heavy atom. The second kappa shape index (κ2) is 8.14. The van der Waals surface area contributed by atoms with E-state index in [0.717, 1.165) is 39.9 Å². The Morgan fingerprint density at radius 1 is 1.20 bits per heavy atom. The molecule has 2 heterocycles. The summed E-state index contributed by atoms with van der Waals surface area (Å²) in [5.74, 6) is 0.325. The number of hydrogen-bond donors (Lipinski definition) is 0. The van der Waals surface area contributed by atoms with Crippen molar-refractivity contribution in [3.05, 3.63) is 65.2 Å². The molecule has 0 N–H and O–H groups in total. The Balaban J connectivity index is 1.84. The highest BCUT2D eigenvalue weighted by Gasteiger charge is 2.29. The molecular formula is C24H24N2O4. The molecule has 0 saturated carbocycles. The molecule has 0 saturated heterocycles. The first-order valence-electron chi connectivity index (χ1n) is 9.97. The van der Waals surface area contributed by atoms with Gasteiger partial charge >= 0.3 is 5.97 Å². The lowest BCUT2D eigenvalue weighted by molar-refractivity contribution is -0.131. The van der Waals surface area contributed by atoms with Gasteiger partial charge in [0, 0.05) is 19.5 Å². The third kappa shape index (κ3) is 3.85. The molecule has 3 aromatic rings. The fraction of sp³-hybridized carbons (Fsp3) is 0.292. The normalized spacial score (nSPS) is 17.0. The Hall–Kier alpha value is -3.41. The summed E-state index contributed by atoms with van der Waals surface area (Å²) in [5.41, 5.74) is 3.92. The molecule has 0 spiro atoms. The Labute approximate surface area is 175 Å². The first-order chi connectivity index (χ1) is 14.4. The fourth-order valence-corrected chi connectivity index (χ4v) is 3.84. The van der Waals surface area contributed by atoms with E-state index < -0.39 is 5.97 Å². The minimum Gasteiger partial charge on any atom is -0.465 e. The number of pyridine rings is 1. The Kier molecular flexibility index (Phi) is 5.40. The number of aromatic nitrogens is 1. The summed E-state index contributed by atoms with van der Waals surface area (Å²) in [6, 6.07) is 11.3. The van der Waals surface area contributed by atoms with Crippen LogP contribution in [0.25, 0.3) is 22.6 Å². The molecule has 0 radical (unpaired) electrons. The van der Waals surface area contributed by atoms with Crippen LogP contribution in [0.1, 0.15) is 40.7 Å². The van der Waals surface area contributed by atoms with Gasteiger partial charge < -0.3 is 14.1 Å². The number of allylic oxidation sites excluding steroid dienone is 1. The van der Waals surface area contributed by atoms with Crippen molar-refractivity contribution in [2.75, 3.05) is 20.7 Å². The second-order valence-electron chi connectivity index (χ2n) is 7.89. The number of rotatable bonds is 4. The monoisotopic (exact) mass is 404 g/mol. The third-order valence-electron chi connectivity index (χ3n) is 5.31. The molecule has 1 aromatic carbocycles. The van der Waals surface area contributed by atoms with E-state index in [2.05, 4.69) is 6.92 Å². The molecule has 1 aliphatic carbocycles. The van der Waals surface area contributed by atoms with Crippen LogP contribution < -0.4 is 0 Å². The van der Waals surface area contributed by atoms with E-state index in [-0.39, 0.29) is 12.5 Å². The van der Waals surface area contributed by atoms with Crippen LogP contribution in [0.3, 0.4) is 0 Å². The lowest BCUT2D eigenvalue weighted by atomic mass is 9.81. The number of ether oxygens (including phenoxy) is 1. The van der Waals surface area contributed by atoms with Crippen molar-refractivity contribution in [1.29, 1.82) is 0 Å². The van der Waals surface area contributed by atoms with Gasteiger partial charge in [0.2, 0.25) is 0 Å². The van der Waals surface area contributed by atoms with E-state index in [0.29, 0.717) is 17.9 Å². The molecule has 0 unspecified atom stereocenters. The molecule has 1 atom stereocenters. The maximum atomic E-state index is 13.1. The first-order valence-corrected chi connectivity index (χ1v) is 9.97. The number of carbonyl (C=O) groups is 2. The van der Waals surface area contributed by atoms with Crippen LogP contribution in [0.4, 0.5) is 0 Å². The summed E-state index contributed by atoms with van der Waals surface area (Å²) in [4.78, 5) is 31.3. The number of likely N-dealkylation sites (N-methyl/N-ethyl adjacent to an activating group) is 1. The largest absolute Gasteiger partial charge is 0.465 e. The lowest BCUT2D eigenvalue weighted by Crippen LogP contribution is -2.28. The molecular weight excluding hydrogens is 380 g/mol. The van der Waals surface area contributed by atoms with E-state index in [1.165, 1.54) is 4.90 Å². The molecule has 154 valence electrons. The average Bonchev–Trinajstić information content (AvgIpc) is 3.23. The summed E-state index contributed by atoms with van der Waals surface area (Å²) in [6.07, 6.45) is 5.18. The van der Waals surface area contributed by atoms with Crippen LogP contribution in [-0.2, 0) is 16.0 Å². The summed E-state index contributed by atoms with van der Waals surface area (Å²) in [7, 11) is 3.26. The first kappa shape index (κ1) is 19.9. The van der Waals surface area contributed by atoms with Crippen LogP contribution in [0.2, 0.25) is 0 Å². The van der Waals surface area contributed by atoms with Crippen molar-refractivity contribution in [1.82, 2.24) is 9.88 Å². The number of furan rings is 1. The highest BCUT2D eigenvalue weighted by Crippen LogP contribution is 2.38. The van der Waals surface area contributed by atoms with Crippen molar-refractivity contribution in [2.45, 2.75) is 19.8 Å². The molecule has 6 nitrogen and oxygen atoms in total. The van der Waals surface area contributed by atoms with Gasteiger partial charge in [-0.15, -0.1) is 0 Å². The minimum absolute atomic E-state index is 0.262. The molecule has 4 rings (SSSR count). The number of esters is 1. The van der Waals surface area contributed by atoms with Crippen molar-refractivity contribution in [2.24, 2.45) is 5.92 Å². The van der Waals surface area contributed by atoms with Gasteiger partial charge in [0.1, 0.15) is 5.76 Å². The zero-order valence-corrected chi connectivity index (χ0v) is 17.3. The summed E-state index contributed by atoms with van der Waals surface area (Å²) >= 11 is 0.